The van der Waals surface area contributed by atoms with Crippen LogP contribution in [0.15, 0.2) is 6.58 Å². The number of phenols is 1. The third kappa shape index (κ3) is 1.48. The van der Waals surface area contributed by atoms with Crippen molar-refractivity contribution in [2.75, 3.05) is 0 Å². The fourth-order valence-electron chi connectivity index (χ4n) is 5.13. The van der Waals surface area contributed by atoms with E-state index >= 15 is 0 Å². The fourth-order valence-corrected chi connectivity index (χ4v) is 5.13. The standard InChI is InChI=1S/C20H24O2/c1-9-6-7-13-17(20(13,4)5)15-11(3)19(22)12-8-10(2)18(21)16(12)14(9)15/h10,13,17,22H,1,6-8H2,2-5H3/t10-,13?,17?/m0/s1. The zero-order valence-electron chi connectivity index (χ0n) is 13.9. The Balaban J connectivity index is 2.07. The van der Waals surface area contributed by atoms with Gasteiger partial charge in [-0.05, 0) is 65.7 Å². The lowest BCUT2D eigenvalue weighted by Crippen LogP contribution is -2.09. The highest BCUT2D eigenvalue weighted by Crippen LogP contribution is 2.70. The molecular formula is C20H24O2. The van der Waals surface area contributed by atoms with Crippen molar-refractivity contribution in [3.63, 3.8) is 0 Å². The number of ketones is 1. The molecule has 2 heteroatoms. The molecule has 0 radical (unpaired) electrons. The van der Waals surface area contributed by atoms with Gasteiger partial charge >= 0.3 is 0 Å². The van der Waals surface area contributed by atoms with Gasteiger partial charge in [-0.3, -0.25) is 4.79 Å². The summed E-state index contributed by atoms with van der Waals surface area (Å²) in [4.78, 5) is 12.7. The van der Waals surface area contributed by atoms with E-state index in [1.807, 2.05) is 13.8 Å². The Hall–Kier alpha value is -1.57. The first-order valence-corrected chi connectivity index (χ1v) is 8.37. The third-order valence-electron chi connectivity index (χ3n) is 6.54. The molecule has 0 spiro atoms. The first kappa shape index (κ1) is 14.0. The first-order valence-electron chi connectivity index (χ1n) is 8.37. The molecule has 0 amide bonds. The number of hydrogen-bond acceptors (Lipinski definition) is 2. The molecule has 0 bridgehead atoms. The van der Waals surface area contributed by atoms with E-state index in [0.717, 1.165) is 40.7 Å². The molecule has 3 aliphatic carbocycles. The Morgan fingerprint density at radius 3 is 2.64 bits per heavy atom. The maximum atomic E-state index is 12.7. The van der Waals surface area contributed by atoms with Crippen LogP contribution in [0.4, 0.5) is 0 Å². The van der Waals surface area contributed by atoms with E-state index in [1.165, 1.54) is 5.56 Å². The molecule has 22 heavy (non-hydrogen) atoms. The molecular weight excluding hydrogens is 272 g/mol. The number of phenolic OH excluding ortho intramolecular Hbond substituents is 1. The molecule has 1 fully saturated rings. The monoisotopic (exact) mass is 296 g/mol. The van der Waals surface area contributed by atoms with Crippen LogP contribution < -0.4 is 0 Å². The van der Waals surface area contributed by atoms with Crippen molar-refractivity contribution in [3.8, 4) is 5.75 Å². The third-order valence-corrected chi connectivity index (χ3v) is 6.54. The Bertz CT molecular complexity index is 739. The van der Waals surface area contributed by atoms with Gasteiger partial charge in [0.1, 0.15) is 5.75 Å². The summed E-state index contributed by atoms with van der Waals surface area (Å²) in [6, 6.07) is 0. The van der Waals surface area contributed by atoms with E-state index in [1.54, 1.807) is 0 Å². The maximum Gasteiger partial charge on any atom is 0.167 e. The van der Waals surface area contributed by atoms with Crippen LogP contribution >= 0.6 is 0 Å². The summed E-state index contributed by atoms with van der Waals surface area (Å²) >= 11 is 0. The van der Waals surface area contributed by atoms with E-state index < -0.39 is 0 Å². The van der Waals surface area contributed by atoms with E-state index in [2.05, 4.69) is 20.4 Å². The zero-order valence-corrected chi connectivity index (χ0v) is 13.9. The van der Waals surface area contributed by atoms with Gasteiger partial charge in [0, 0.05) is 17.0 Å². The normalized spacial score (nSPS) is 31.4. The summed E-state index contributed by atoms with van der Waals surface area (Å²) in [5.41, 5.74) is 6.33. The van der Waals surface area contributed by atoms with Gasteiger partial charge in [0.2, 0.25) is 0 Å². The van der Waals surface area contributed by atoms with Gasteiger partial charge in [-0.25, -0.2) is 0 Å². The summed E-state index contributed by atoms with van der Waals surface area (Å²) in [6.45, 7) is 12.9. The van der Waals surface area contributed by atoms with Crippen molar-refractivity contribution in [2.24, 2.45) is 17.3 Å². The van der Waals surface area contributed by atoms with Crippen LogP contribution in [0.1, 0.15) is 72.1 Å². The molecule has 3 atom stereocenters. The number of benzene rings is 1. The number of carbonyl (C=O) groups is 1. The average molecular weight is 296 g/mol. The molecule has 3 aliphatic rings. The van der Waals surface area contributed by atoms with Crippen LogP contribution in [0, 0.1) is 24.2 Å². The van der Waals surface area contributed by atoms with Crippen molar-refractivity contribution in [2.45, 2.75) is 52.9 Å². The molecule has 116 valence electrons. The van der Waals surface area contributed by atoms with Gasteiger partial charge in [-0.1, -0.05) is 27.4 Å². The van der Waals surface area contributed by atoms with Crippen molar-refractivity contribution in [1.29, 1.82) is 0 Å². The second kappa shape index (κ2) is 4.04. The number of hydrogen-bond donors (Lipinski definition) is 1. The number of aromatic hydroxyl groups is 1. The summed E-state index contributed by atoms with van der Waals surface area (Å²) in [5, 5.41) is 10.7. The van der Waals surface area contributed by atoms with Crippen LogP contribution in [0.25, 0.3) is 5.57 Å². The highest BCUT2D eigenvalue weighted by molar-refractivity contribution is 6.07. The molecule has 0 saturated heterocycles. The maximum absolute atomic E-state index is 12.7. The highest BCUT2D eigenvalue weighted by Gasteiger charge is 2.60. The predicted molar refractivity (Wildman–Crippen MR) is 88.3 cm³/mol. The Kier molecular flexibility index (Phi) is 2.58. The number of Topliss-reactive ketones (excluding diaryl/α,β-unsaturated/α-hetero) is 1. The molecule has 0 aromatic heterocycles. The SMILES string of the molecule is C=C1CCC2C(c3c(C)c(O)c4c(c31)C(=O)[C@@H](C)C4)C2(C)C. The van der Waals surface area contributed by atoms with Crippen LogP contribution in [0.2, 0.25) is 0 Å². The minimum atomic E-state index is -0.0223. The average Bonchev–Trinajstić information content (AvgIpc) is 2.93. The van der Waals surface area contributed by atoms with E-state index in [-0.39, 0.29) is 17.1 Å². The molecule has 1 saturated carbocycles. The molecule has 1 aromatic rings. The molecule has 4 rings (SSSR count). The van der Waals surface area contributed by atoms with Crippen LogP contribution in [-0.2, 0) is 6.42 Å². The van der Waals surface area contributed by atoms with Crippen molar-refractivity contribution >= 4 is 11.4 Å². The van der Waals surface area contributed by atoms with E-state index in [0.29, 0.717) is 24.0 Å². The lowest BCUT2D eigenvalue weighted by Gasteiger charge is -2.21. The number of fused-ring (bicyclic) bond motifs is 5. The molecule has 2 nitrogen and oxygen atoms in total. The first-order chi connectivity index (χ1) is 10.3. The largest absolute Gasteiger partial charge is 0.507 e. The van der Waals surface area contributed by atoms with Gasteiger partial charge < -0.3 is 5.11 Å². The Morgan fingerprint density at radius 1 is 1.27 bits per heavy atom. The Labute approximate surface area is 132 Å². The minimum Gasteiger partial charge on any atom is -0.507 e. The summed E-state index contributed by atoms with van der Waals surface area (Å²) < 4.78 is 0. The lowest BCUT2D eigenvalue weighted by atomic mass is 9.84. The Morgan fingerprint density at radius 2 is 1.95 bits per heavy atom. The lowest BCUT2D eigenvalue weighted by molar-refractivity contribution is 0.0946. The smallest absolute Gasteiger partial charge is 0.167 e. The van der Waals surface area contributed by atoms with Crippen LogP contribution in [0.5, 0.6) is 5.75 Å². The van der Waals surface area contributed by atoms with Crippen molar-refractivity contribution in [1.82, 2.24) is 0 Å². The zero-order chi connectivity index (χ0) is 16.0. The summed E-state index contributed by atoms with van der Waals surface area (Å²) in [7, 11) is 0. The molecule has 1 aromatic carbocycles. The van der Waals surface area contributed by atoms with E-state index in [9.17, 15) is 9.90 Å². The van der Waals surface area contributed by atoms with Crippen LogP contribution in [0.3, 0.4) is 0 Å². The summed E-state index contributed by atoms with van der Waals surface area (Å²) in [6.07, 6.45) is 2.78. The topological polar surface area (TPSA) is 37.3 Å². The summed E-state index contributed by atoms with van der Waals surface area (Å²) in [5.74, 6) is 1.64. The molecule has 0 aliphatic heterocycles. The number of allylic oxidation sites excluding steroid dienone is 1. The van der Waals surface area contributed by atoms with Crippen LogP contribution in [-0.4, -0.2) is 10.9 Å². The van der Waals surface area contributed by atoms with E-state index in [4.69, 9.17) is 0 Å². The molecule has 2 unspecified atom stereocenters. The number of rotatable bonds is 0. The number of carbonyl (C=O) groups excluding carboxylic acids is 1. The second-order valence-electron chi connectivity index (χ2n) is 8.13. The van der Waals surface area contributed by atoms with Gasteiger partial charge in [0.15, 0.2) is 5.78 Å². The van der Waals surface area contributed by atoms with Gasteiger partial charge in [-0.15, -0.1) is 0 Å². The minimum absolute atomic E-state index is 0.0223. The van der Waals surface area contributed by atoms with Gasteiger partial charge in [-0.2, -0.15) is 0 Å². The molecule has 1 N–H and O–H groups in total. The second-order valence-corrected chi connectivity index (χ2v) is 8.13. The quantitative estimate of drug-likeness (QED) is 0.758. The predicted octanol–water partition coefficient (Wildman–Crippen LogP) is 4.62. The van der Waals surface area contributed by atoms with Crippen molar-refractivity contribution < 1.29 is 9.90 Å². The fraction of sp³-hybridized carbons (Fsp3) is 0.550. The van der Waals surface area contributed by atoms with Gasteiger partial charge in [0.05, 0.1) is 0 Å². The van der Waals surface area contributed by atoms with Gasteiger partial charge in [0.25, 0.3) is 0 Å². The van der Waals surface area contributed by atoms with Crippen molar-refractivity contribution in [3.05, 3.63) is 34.4 Å². The highest BCUT2D eigenvalue weighted by atomic mass is 16.3. The molecule has 0 heterocycles.